The highest BCUT2D eigenvalue weighted by molar-refractivity contribution is 5.74. The van der Waals surface area contributed by atoms with Crippen LogP contribution < -0.4 is 9.48 Å². The molecule has 0 saturated carbocycles. The molecule has 2 aromatic carbocycles. The normalized spacial score (nSPS) is 10.6. The molecule has 0 bridgehead atoms. The van der Waals surface area contributed by atoms with Crippen molar-refractivity contribution >= 4 is 0 Å². The van der Waals surface area contributed by atoms with Crippen LogP contribution in [-0.2, 0) is 6.54 Å². The second-order valence-corrected chi connectivity index (χ2v) is 4.73. The number of aromatic nitrogens is 1. The number of hydrogen-bond donors (Lipinski definition) is 0. The fourth-order valence-corrected chi connectivity index (χ4v) is 2.47. The molecule has 3 aromatic rings. The van der Waals surface area contributed by atoms with Gasteiger partial charge in [0.1, 0.15) is 0 Å². The van der Waals surface area contributed by atoms with Crippen molar-refractivity contribution in [3.8, 4) is 28.3 Å². The molecule has 0 saturated heterocycles. The van der Waals surface area contributed by atoms with E-state index in [4.69, 9.17) is 9.26 Å². The van der Waals surface area contributed by atoms with Crippen molar-refractivity contribution in [3.05, 3.63) is 60.7 Å². The first kappa shape index (κ1) is 13.4. The zero-order valence-electron chi connectivity index (χ0n) is 12.2. The van der Waals surface area contributed by atoms with E-state index in [9.17, 15) is 0 Å². The summed E-state index contributed by atoms with van der Waals surface area (Å²) in [6.45, 7) is 2.80. The van der Waals surface area contributed by atoms with Gasteiger partial charge in [-0.2, -0.15) is 0 Å². The molecule has 1 aromatic heterocycles. The highest BCUT2D eigenvalue weighted by atomic mass is 16.5. The molecule has 1 heterocycles. The van der Waals surface area contributed by atoms with Crippen molar-refractivity contribution in [3.63, 3.8) is 0 Å². The van der Waals surface area contributed by atoms with Crippen molar-refractivity contribution in [2.45, 2.75) is 13.5 Å². The lowest BCUT2D eigenvalue weighted by atomic mass is 10.1. The number of ether oxygens (including phenoxy) is 1. The van der Waals surface area contributed by atoms with Gasteiger partial charge in [-0.15, -0.1) is 0 Å². The number of benzene rings is 2. The lowest BCUT2D eigenvalue weighted by Crippen LogP contribution is -2.31. The minimum absolute atomic E-state index is 0.743. The maximum atomic E-state index is 6.02. The highest BCUT2D eigenvalue weighted by Crippen LogP contribution is 2.37. The van der Waals surface area contributed by atoms with Crippen molar-refractivity contribution in [2.24, 2.45) is 0 Å². The van der Waals surface area contributed by atoms with E-state index in [1.54, 1.807) is 7.11 Å². The summed E-state index contributed by atoms with van der Waals surface area (Å²) in [5, 5.41) is 0. The van der Waals surface area contributed by atoms with Gasteiger partial charge in [0.15, 0.2) is 6.54 Å². The van der Waals surface area contributed by atoms with E-state index < -0.39 is 0 Å². The zero-order valence-corrected chi connectivity index (χ0v) is 12.2. The Morgan fingerprint density at radius 1 is 0.905 bits per heavy atom. The fraction of sp³-hybridized carbons (Fsp3) is 0.167. The van der Waals surface area contributed by atoms with Crippen LogP contribution in [0.3, 0.4) is 0 Å². The zero-order chi connectivity index (χ0) is 14.7. The SMILES string of the molecule is CC[n+]1oc(-c2ccccc2)c(OC)c1-c1ccccc1. The van der Waals surface area contributed by atoms with E-state index in [-0.39, 0.29) is 0 Å². The molecule has 0 aliphatic carbocycles. The Balaban J connectivity index is 2.23. The molecule has 0 fully saturated rings. The van der Waals surface area contributed by atoms with Gasteiger partial charge in [-0.25, -0.2) is 4.52 Å². The van der Waals surface area contributed by atoms with Crippen LogP contribution in [0, 0.1) is 0 Å². The second kappa shape index (κ2) is 5.83. The van der Waals surface area contributed by atoms with Gasteiger partial charge in [0, 0.05) is 5.56 Å². The lowest BCUT2D eigenvalue weighted by Gasteiger charge is -1.99. The molecule has 3 heteroatoms. The number of nitrogens with zero attached hydrogens (tertiary/aromatic N) is 1. The van der Waals surface area contributed by atoms with Crippen LogP contribution >= 0.6 is 0 Å². The van der Waals surface area contributed by atoms with Gasteiger partial charge in [0.2, 0.25) is 5.75 Å². The summed E-state index contributed by atoms with van der Waals surface area (Å²) < 4.78 is 13.5. The summed E-state index contributed by atoms with van der Waals surface area (Å²) in [6, 6.07) is 20.2. The number of methoxy groups -OCH3 is 1. The summed E-state index contributed by atoms with van der Waals surface area (Å²) >= 11 is 0. The molecule has 0 spiro atoms. The molecule has 0 unspecified atom stereocenters. The molecule has 3 nitrogen and oxygen atoms in total. The first-order valence-electron chi connectivity index (χ1n) is 7.07. The van der Waals surface area contributed by atoms with Crippen LogP contribution in [0.25, 0.3) is 22.6 Å². The van der Waals surface area contributed by atoms with E-state index in [0.717, 1.165) is 34.9 Å². The van der Waals surface area contributed by atoms with E-state index in [1.807, 2.05) is 53.3 Å². The van der Waals surface area contributed by atoms with Gasteiger partial charge in [-0.1, -0.05) is 48.5 Å². The minimum atomic E-state index is 0.743. The van der Waals surface area contributed by atoms with Crippen LogP contribution in [0.2, 0.25) is 0 Å². The summed E-state index contributed by atoms with van der Waals surface area (Å²) in [6.07, 6.45) is 0. The molecule has 3 rings (SSSR count). The molecule has 106 valence electrons. The van der Waals surface area contributed by atoms with Gasteiger partial charge in [0.25, 0.3) is 5.76 Å². The Kier molecular flexibility index (Phi) is 3.73. The minimum Gasteiger partial charge on any atom is -0.487 e. The Morgan fingerprint density at radius 3 is 2.00 bits per heavy atom. The molecule has 0 atom stereocenters. The van der Waals surface area contributed by atoms with Crippen LogP contribution in [0.4, 0.5) is 0 Å². The van der Waals surface area contributed by atoms with Gasteiger partial charge in [-0.05, 0) is 23.8 Å². The molecule has 21 heavy (non-hydrogen) atoms. The molecule has 0 radical (unpaired) electrons. The van der Waals surface area contributed by atoms with Crippen molar-refractivity contribution in [2.75, 3.05) is 7.11 Å². The quantitative estimate of drug-likeness (QED) is 0.677. The summed E-state index contributed by atoms with van der Waals surface area (Å²) in [7, 11) is 1.68. The predicted molar refractivity (Wildman–Crippen MR) is 82.0 cm³/mol. The first-order chi connectivity index (χ1) is 10.3. The van der Waals surface area contributed by atoms with Gasteiger partial charge >= 0.3 is 5.69 Å². The van der Waals surface area contributed by atoms with E-state index >= 15 is 0 Å². The molecule has 0 N–H and O–H groups in total. The Hall–Kier alpha value is -2.55. The third-order valence-electron chi connectivity index (χ3n) is 3.45. The molecular weight excluding hydrogens is 262 g/mol. The topological polar surface area (TPSA) is 26.2 Å². The van der Waals surface area contributed by atoms with E-state index in [2.05, 4.69) is 19.1 Å². The van der Waals surface area contributed by atoms with Crippen LogP contribution in [-0.4, -0.2) is 7.11 Å². The van der Waals surface area contributed by atoms with Crippen LogP contribution in [0.1, 0.15) is 6.92 Å². The number of aryl methyl sites for hydroxylation is 1. The standard InChI is InChI=1S/C18H18NO2/c1-3-19-16(14-10-6-4-7-11-14)18(20-2)17(21-19)15-12-8-5-9-13-15/h4-13H,3H2,1-2H3/q+1. The Bertz CT molecular complexity index is 718. The summed E-state index contributed by atoms with van der Waals surface area (Å²) in [5.74, 6) is 1.54. The summed E-state index contributed by atoms with van der Waals surface area (Å²) in [4.78, 5) is 0. The molecular formula is C18H18NO2+. The lowest BCUT2D eigenvalue weighted by molar-refractivity contribution is -0.851. The number of hydrogen-bond acceptors (Lipinski definition) is 2. The largest absolute Gasteiger partial charge is 0.487 e. The predicted octanol–water partition coefficient (Wildman–Crippen LogP) is 3.93. The third-order valence-corrected chi connectivity index (χ3v) is 3.45. The Labute approximate surface area is 124 Å². The van der Waals surface area contributed by atoms with E-state index in [1.165, 1.54) is 0 Å². The average Bonchev–Trinajstić information content (AvgIpc) is 2.95. The fourth-order valence-electron chi connectivity index (χ4n) is 2.47. The molecule has 0 amide bonds. The highest BCUT2D eigenvalue weighted by Gasteiger charge is 2.30. The van der Waals surface area contributed by atoms with Crippen molar-refractivity contribution in [1.82, 2.24) is 0 Å². The molecule has 0 aliphatic rings. The molecule has 0 aliphatic heterocycles. The first-order valence-corrected chi connectivity index (χ1v) is 7.07. The second-order valence-electron chi connectivity index (χ2n) is 4.73. The monoisotopic (exact) mass is 280 g/mol. The van der Waals surface area contributed by atoms with E-state index in [0.29, 0.717) is 0 Å². The third kappa shape index (κ3) is 2.42. The van der Waals surface area contributed by atoms with Crippen molar-refractivity contribution in [1.29, 1.82) is 0 Å². The van der Waals surface area contributed by atoms with Gasteiger partial charge < -0.3 is 4.74 Å². The average molecular weight is 280 g/mol. The van der Waals surface area contributed by atoms with Crippen molar-refractivity contribution < 1.29 is 14.0 Å². The van der Waals surface area contributed by atoms with Crippen LogP contribution in [0.5, 0.6) is 5.75 Å². The summed E-state index contributed by atoms with van der Waals surface area (Å²) in [5.41, 5.74) is 3.07. The maximum Gasteiger partial charge on any atom is 0.304 e. The smallest absolute Gasteiger partial charge is 0.304 e. The Morgan fingerprint density at radius 2 is 1.48 bits per heavy atom. The maximum absolute atomic E-state index is 6.02. The number of rotatable bonds is 4. The van der Waals surface area contributed by atoms with Crippen LogP contribution in [0.15, 0.2) is 65.2 Å². The van der Waals surface area contributed by atoms with Gasteiger partial charge in [0.05, 0.1) is 12.7 Å². The van der Waals surface area contributed by atoms with Gasteiger partial charge in [-0.3, -0.25) is 0 Å².